The van der Waals surface area contributed by atoms with Gasteiger partial charge in [-0.25, -0.2) is 4.79 Å². The molecule has 7 nitrogen and oxygen atoms in total. The van der Waals surface area contributed by atoms with Crippen LogP contribution in [0.4, 0.5) is 0 Å². The standard InChI is InChI=1S/C24H24N4O3/c1-4-18-9-8-12-22(28-24(29)27(3)25-26-28)21(18)16-30-23-14-13-20(15-17(23)2)31-19-10-6-5-7-11-19/h5-15H,4,16H2,1-3H3. The number of benzene rings is 3. The Bertz CT molecular complexity index is 1250. The van der Waals surface area contributed by atoms with Gasteiger partial charge in [-0.15, -0.1) is 0 Å². The molecule has 4 rings (SSSR count). The molecule has 0 N–H and O–H groups in total. The minimum Gasteiger partial charge on any atom is -0.489 e. The summed E-state index contributed by atoms with van der Waals surface area (Å²) in [4.78, 5) is 12.4. The van der Waals surface area contributed by atoms with E-state index in [4.69, 9.17) is 9.47 Å². The van der Waals surface area contributed by atoms with Crippen molar-refractivity contribution < 1.29 is 9.47 Å². The number of hydrogen-bond donors (Lipinski definition) is 0. The van der Waals surface area contributed by atoms with Crippen molar-refractivity contribution in [1.29, 1.82) is 0 Å². The van der Waals surface area contributed by atoms with Gasteiger partial charge in [0, 0.05) is 12.6 Å². The minimum atomic E-state index is -0.298. The maximum absolute atomic E-state index is 12.4. The summed E-state index contributed by atoms with van der Waals surface area (Å²) in [6, 6.07) is 21.2. The summed E-state index contributed by atoms with van der Waals surface area (Å²) in [5, 5.41) is 7.82. The molecule has 0 unspecified atom stereocenters. The average Bonchev–Trinajstić information content (AvgIpc) is 3.12. The highest BCUT2D eigenvalue weighted by Crippen LogP contribution is 2.28. The number of aromatic nitrogens is 4. The van der Waals surface area contributed by atoms with E-state index in [-0.39, 0.29) is 5.69 Å². The summed E-state index contributed by atoms with van der Waals surface area (Å²) < 4.78 is 14.6. The van der Waals surface area contributed by atoms with Gasteiger partial charge in [0.1, 0.15) is 23.9 Å². The lowest BCUT2D eigenvalue weighted by molar-refractivity contribution is 0.301. The maximum atomic E-state index is 12.4. The zero-order valence-corrected chi connectivity index (χ0v) is 17.8. The molecule has 0 radical (unpaired) electrons. The molecule has 0 amide bonds. The van der Waals surface area contributed by atoms with E-state index in [1.165, 1.54) is 9.36 Å². The van der Waals surface area contributed by atoms with Crippen molar-refractivity contribution in [3.63, 3.8) is 0 Å². The van der Waals surface area contributed by atoms with Crippen LogP contribution in [0.2, 0.25) is 0 Å². The first-order valence-electron chi connectivity index (χ1n) is 10.1. The fourth-order valence-electron chi connectivity index (χ4n) is 3.40. The largest absolute Gasteiger partial charge is 0.489 e. The van der Waals surface area contributed by atoms with Crippen LogP contribution in [0.15, 0.2) is 71.5 Å². The summed E-state index contributed by atoms with van der Waals surface area (Å²) in [6.45, 7) is 4.36. The summed E-state index contributed by atoms with van der Waals surface area (Å²) in [5.74, 6) is 2.28. The molecule has 7 heteroatoms. The van der Waals surface area contributed by atoms with Gasteiger partial charge in [-0.1, -0.05) is 37.3 Å². The van der Waals surface area contributed by atoms with Crippen LogP contribution >= 0.6 is 0 Å². The molecular weight excluding hydrogens is 392 g/mol. The van der Waals surface area contributed by atoms with E-state index in [0.717, 1.165) is 40.4 Å². The van der Waals surface area contributed by atoms with E-state index >= 15 is 0 Å². The lowest BCUT2D eigenvalue weighted by atomic mass is 10.0. The summed E-state index contributed by atoms with van der Waals surface area (Å²) >= 11 is 0. The van der Waals surface area contributed by atoms with Crippen molar-refractivity contribution in [1.82, 2.24) is 19.8 Å². The lowest BCUT2D eigenvalue weighted by Gasteiger charge is -2.16. The van der Waals surface area contributed by atoms with Gasteiger partial charge in [0.05, 0.1) is 5.69 Å². The molecule has 31 heavy (non-hydrogen) atoms. The van der Waals surface area contributed by atoms with E-state index in [9.17, 15) is 4.79 Å². The first-order chi connectivity index (χ1) is 15.1. The Hall–Kier alpha value is -3.87. The van der Waals surface area contributed by atoms with E-state index in [1.54, 1.807) is 7.05 Å². The Morgan fingerprint density at radius 1 is 0.935 bits per heavy atom. The quantitative estimate of drug-likeness (QED) is 0.451. The number of aryl methyl sites for hydroxylation is 3. The highest BCUT2D eigenvalue weighted by molar-refractivity contribution is 5.46. The van der Waals surface area contributed by atoms with Gasteiger partial charge in [-0.05, 0) is 71.3 Å². The zero-order chi connectivity index (χ0) is 21.8. The molecule has 0 aliphatic heterocycles. The molecule has 0 saturated heterocycles. The van der Waals surface area contributed by atoms with E-state index in [2.05, 4.69) is 17.4 Å². The van der Waals surface area contributed by atoms with Crippen LogP contribution in [0.25, 0.3) is 5.69 Å². The van der Waals surface area contributed by atoms with Crippen LogP contribution in [-0.2, 0) is 20.1 Å². The summed E-state index contributed by atoms with van der Waals surface area (Å²) in [5.41, 5.74) is 3.35. The molecule has 0 aliphatic carbocycles. The van der Waals surface area contributed by atoms with Crippen LogP contribution in [0.5, 0.6) is 17.2 Å². The third-order valence-corrected chi connectivity index (χ3v) is 5.08. The second-order valence-electron chi connectivity index (χ2n) is 7.20. The van der Waals surface area contributed by atoms with Gasteiger partial charge in [-0.2, -0.15) is 9.36 Å². The number of para-hydroxylation sites is 1. The molecule has 1 heterocycles. The molecular formula is C24H24N4O3. The minimum absolute atomic E-state index is 0.298. The van der Waals surface area contributed by atoms with Gasteiger partial charge in [0.2, 0.25) is 0 Å². The van der Waals surface area contributed by atoms with Crippen molar-refractivity contribution in [3.8, 4) is 22.9 Å². The van der Waals surface area contributed by atoms with Crippen LogP contribution in [0, 0.1) is 6.92 Å². The summed E-state index contributed by atoms with van der Waals surface area (Å²) in [7, 11) is 1.58. The molecule has 0 saturated carbocycles. The van der Waals surface area contributed by atoms with Crippen LogP contribution < -0.4 is 15.2 Å². The second-order valence-corrected chi connectivity index (χ2v) is 7.20. The predicted octanol–water partition coefficient (Wildman–Crippen LogP) is 4.21. The molecule has 3 aromatic carbocycles. The molecule has 0 spiro atoms. The first kappa shape index (κ1) is 20.4. The molecule has 0 bridgehead atoms. The van der Waals surface area contributed by atoms with Gasteiger partial charge < -0.3 is 9.47 Å². The van der Waals surface area contributed by atoms with Gasteiger partial charge in [0.15, 0.2) is 0 Å². The van der Waals surface area contributed by atoms with Crippen molar-refractivity contribution in [2.45, 2.75) is 26.9 Å². The van der Waals surface area contributed by atoms with Crippen LogP contribution in [0.3, 0.4) is 0 Å². The monoisotopic (exact) mass is 416 g/mol. The molecule has 4 aromatic rings. The van der Waals surface area contributed by atoms with Crippen molar-refractivity contribution in [2.75, 3.05) is 0 Å². The lowest BCUT2D eigenvalue weighted by Crippen LogP contribution is -2.23. The van der Waals surface area contributed by atoms with Gasteiger partial charge in [-0.3, -0.25) is 0 Å². The fourth-order valence-corrected chi connectivity index (χ4v) is 3.40. The van der Waals surface area contributed by atoms with Gasteiger partial charge >= 0.3 is 5.69 Å². The summed E-state index contributed by atoms with van der Waals surface area (Å²) in [6.07, 6.45) is 0.810. The third-order valence-electron chi connectivity index (χ3n) is 5.08. The smallest absolute Gasteiger partial charge is 0.368 e. The van der Waals surface area contributed by atoms with Crippen molar-refractivity contribution >= 4 is 0 Å². The zero-order valence-electron chi connectivity index (χ0n) is 17.8. The van der Waals surface area contributed by atoms with E-state index < -0.39 is 0 Å². The predicted molar refractivity (Wildman–Crippen MR) is 118 cm³/mol. The number of ether oxygens (including phenoxy) is 2. The van der Waals surface area contributed by atoms with Crippen LogP contribution in [0.1, 0.15) is 23.6 Å². The molecule has 0 atom stereocenters. The normalized spacial score (nSPS) is 10.8. The maximum Gasteiger partial charge on any atom is 0.368 e. The van der Waals surface area contributed by atoms with Crippen LogP contribution in [-0.4, -0.2) is 19.8 Å². The Labute approximate surface area is 180 Å². The Balaban J connectivity index is 1.58. The number of rotatable bonds is 7. The number of tetrazole rings is 1. The highest BCUT2D eigenvalue weighted by atomic mass is 16.5. The fraction of sp³-hybridized carbons (Fsp3) is 0.208. The van der Waals surface area contributed by atoms with Crippen molar-refractivity contribution in [2.24, 2.45) is 7.05 Å². The van der Waals surface area contributed by atoms with Gasteiger partial charge in [0.25, 0.3) is 0 Å². The SMILES string of the molecule is CCc1cccc(-n2nnn(C)c2=O)c1COc1ccc(Oc2ccccc2)cc1C. The molecule has 1 aromatic heterocycles. The molecule has 0 aliphatic rings. The Kier molecular flexibility index (Phi) is 5.84. The van der Waals surface area contributed by atoms with Crippen molar-refractivity contribution in [3.05, 3.63) is 93.9 Å². The average molecular weight is 416 g/mol. The first-order valence-corrected chi connectivity index (χ1v) is 10.1. The topological polar surface area (TPSA) is 71.2 Å². The number of hydrogen-bond acceptors (Lipinski definition) is 5. The number of nitrogens with zero attached hydrogens (tertiary/aromatic N) is 4. The van der Waals surface area contributed by atoms with E-state index in [1.807, 2.05) is 73.7 Å². The second kappa shape index (κ2) is 8.87. The molecule has 158 valence electrons. The molecule has 0 fully saturated rings. The highest BCUT2D eigenvalue weighted by Gasteiger charge is 2.15. The van der Waals surface area contributed by atoms with E-state index in [0.29, 0.717) is 12.3 Å². The Morgan fingerprint density at radius 3 is 2.42 bits per heavy atom. The third kappa shape index (κ3) is 4.35. The Morgan fingerprint density at radius 2 is 1.74 bits per heavy atom.